The summed E-state index contributed by atoms with van der Waals surface area (Å²) in [6, 6.07) is -0.630. The van der Waals surface area contributed by atoms with E-state index < -0.39 is 29.0 Å². The molecular formula is C10H25N2O5Si2. The van der Waals surface area contributed by atoms with E-state index >= 15 is 0 Å². The summed E-state index contributed by atoms with van der Waals surface area (Å²) in [5, 5.41) is 1.97. The number of carbonyl (C=O) groups excluding carboxylic acids is 1. The topological polar surface area (TPSA) is 92.0 Å². The van der Waals surface area contributed by atoms with Gasteiger partial charge in [0.25, 0.3) is 0 Å². The standard InChI is InChI=1S/C10H25N2O5Si2/c1-8(19(7,16-5)17-6)10(2,12-9(11)13)18(14-3)15-4/h8H,1-7H3,(H3,11,12,13). The molecule has 2 unspecified atom stereocenters. The average molecular weight is 309 g/mol. The first kappa shape index (κ1) is 18.5. The molecule has 0 heterocycles. The minimum atomic E-state index is -2.50. The van der Waals surface area contributed by atoms with Crippen LogP contribution in [-0.4, -0.2) is 57.5 Å². The van der Waals surface area contributed by atoms with E-state index in [0.717, 1.165) is 0 Å². The van der Waals surface area contributed by atoms with Crippen LogP contribution < -0.4 is 11.1 Å². The maximum atomic E-state index is 11.3. The lowest BCUT2D eigenvalue weighted by Crippen LogP contribution is -2.67. The van der Waals surface area contributed by atoms with E-state index in [0.29, 0.717) is 0 Å². The largest absolute Gasteiger partial charge is 0.412 e. The van der Waals surface area contributed by atoms with Crippen LogP contribution in [0.3, 0.4) is 0 Å². The van der Waals surface area contributed by atoms with Gasteiger partial charge in [0.05, 0.1) is 5.16 Å². The smallest absolute Gasteiger partial charge is 0.398 e. The van der Waals surface area contributed by atoms with Gasteiger partial charge in [0, 0.05) is 34.0 Å². The summed E-state index contributed by atoms with van der Waals surface area (Å²) in [7, 11) is 1.99. The summed E-state index contributed by atoms with van der Waals surface area (Å²) in [5.41, 5.74) is 5.15. The molecule has 19 heavy (non-hydrogen) atoms. The van der Waals surface area contributed by atoms with Crippen LogP contribution in [0.15, 0.2) is 0 Å². The van der Waals surface area contributed by atoms with Gasteiger partial charge in [-0.2, -0.15) is 0 Å². The Labute approximate surface area is 117 Å². The molecule has 0 spiro atoms. The molecule has 7 nitrogen and oxygen atoms in total. The molecule has 0 rings (SSSR count). The second kappa shape index (κ2) is 7.36. The summed E-state index contributed by atoms with van der Waals surface area (Å²) in [4.78, 5) is 11.3. The Bertz CT molecular complexity index is 300. The van der Waals surface area contributed by atoms with Crippen LogP contribution in [0, 0.1) is 0 Å². The highest BCUT2D eigenvalue weighted by Crippen LogP contribution is 2.35. The Morgan fingerprint density at radius 2 is 1.68 bits per heavy atom. The van der Waals surface area contributed by atoms with E-state index in [4.69, 9.17) is 23.4 Å². The fourth-order valence-corrected chi connectivity index (χ4v) is 6.79. The summed E-state index contributed by atoms with van der Waals surface area (Å²) in [6.07, 6.45) is 0. The van der Waals surface area contributed by atoms with Crippen molar-refractivity contribution in [1.82, 2.24) is 5.32 Å². The van der Waals surface area contributed by atoms with Gasteiger partial charge >= 0.3 is 23.9 Å². The third kappa shape index (κ3) is 4.00. The van der Waals surface area contributed by atoms with Crippen LogP contribution in [-0.2, 0) is 17.7 Å². The van der Waals surface area contributed by atoms with Crippen molar-refractivity contribution in [3.05, 3.63) is 0 Å². The molecule has 0 aromatic rings. The lowest BCUT2D eigenvalue weighted by molar-refractivity contribution is 0.189. The van der Waals surface area contributed by atoms with Crippen LogP contribution in [0.4, 0.5) is 4.79 Å². The summed E-state index contributed by atoms with van der Waals surface area (Å²) < 4.78 is 21.9. The zero-order chi connectivity index (χ0) is 15.3. The molecular weight excluding hydrogens is 284 g/mol. The van der Waals surface area contributed by atoms with Crippen molar-refractivity contribution in [3.63, 3.8) is 0 Å². The molecule has 1 radical (unpaired) electrons. The first-order valence-electron chi connectivity index (χ1n) is 5.85. The van der Waals surface area contributed by atoms with Crippen LogP contribution >= 0.6 is 0 Å². The fourth-order valence-electron chi connectivity index (χ4n) is 2.06. The normalized spacial score (nSPS) is 17.1. The number of carbonyl (C=O) groups is 1. The van der Waals surface area contributed by atoms with Crippen molar-refractivity contribution in [2.75, 3.05) is 28.4 Å². The molecule has 3 N–H and O–H groups in total. The molecule has 2 amide bonds. The number of rotatable bonds is 8. The van der Waals surface area contributed by atoms with Gasteiger partial charge in [0.15, 0.2) is 0 Å². The van der Waals surface area contributed by atoms with Gasteiger partial charge in [-0.15, -0.1) is 0 Å². The van der Waals surface area contributed by atoms with E-state index in [2.05, 4.69) is 5.32 Å². The number of hydrogen-bond acceptors (Lipinski definition) is 5. The first-order chi connectivity index (χ1) is 8.71. The lowest BCUT2D eigenvalue weighted by atomic mass is 10.2. The zero-order valence-corrected chi connectivity index (χ0v) is 14.7. The molecule has 0 bridgehead atoms. The zero-order valence-electron chi connectivity index (χ0n) is 12.7. The van der Waals surface area contributed by atoms with Gasteiger partial charge in [0.2, 0.25) is 0 Å². The molecule has 2 atom stereocenters. The third-order valence-electron chi connectivity index (χ3n) is 3.64. The monoisotopic (exact) mass is 309 g/mol. The number of amides is 2. The summed E-state index contributed by atoms with van der Waals surface area (Å²) >= 11 is 0. The molecule has 0 fully saturated rings. The van der Waals surface area contributed by atoms with Gasteiger partial charge in [-0.25, -0.2) is 4.79 Å². The van der Waals surface area contributed by atoms with Crippen molar-refractivity contribution in [2.24, 2.45) is 5.73 Å². The van der Waals surface area contributed by atoms with Gasteiger partial charge in [0.1, 0.15) is 0 Å². The Balaban J connectivity index is 5.51. The van der Waals surface area contributed by atoms with Crippen LogP contribution in [0.25, 0.3) is 0 Å². The highest BCUT2D eigenvalue weighted by molar-refractivity contribution is 6.70. The maximum Gasteiger partial charge on any atom is 0.412 e. The van der Waals surface area contributed by atoms with Gasteiger partial charge in [-0.1, -0.05) is 6.92 Å². The summed E-state index contributed by atoms with van der Waals surface area (Å²) in [6.45, 7) is 5.70. The highest BCUT2D eigenvalue weighted by Gasteiger charge is 2.55. The minimum absolute atomic E-state index is 0.128. The summed E-state index contributed by atoms with van der Waals surface area (Å²) in [5.74, 6) is 0. The number of hydrogen-bond donors (Lipinski definition) is 2. The molecule has 0 aliphatic heterocycles. The van der Waals surface area contributed by atoms with Crippen LogP contribution in [0.5, 0.6) is 0 Å². The Morgan fingerprint density at radius 1 is 1.26 bits per heavy atom. The fraction of sp³-hybridized carbons (Fsp3) is 0.900. The molecule has 0 aromatic heterocycles. The first-order valence-corrected chi connectivity index (χ1v) is 9.56. The maximum absolute atomic E-state index is 11.3. The Kier molecular flexibility index (Phi) is 7.18. The minimum Gasteiger partial charge on any atom is -0.398 e. The number of primary amides is 1. The van der Waals surface area contributed by atoms with Crippen molar-refractivity contribution in [1.29, 1.82) is 0 Å². The van der Waals surface area contributed by atoms with E-state index in [-0.39, 0.29) is 5.54 Å². The predicted octanol–water partition coefficient (Wildman–Crippen LogP) is 0.489. The van der Waals surface area contributed by atoms with E-state index in [1.54, 1.807) is 28.4 Å². The predicted molar refractivity (Wildman–Crippen MR) is 76.0 cm³/mol. The van der Waals surface area contributed by atoms with E-state index in [1.165, 1.54) is 0 Å². The average Bonchev–Trinajstić information content (AvgIpc) is 2.37. The molecule has 0 saturated heterocycles. The quantitative estimate of drug-likeness (QED) is 0.637. The van der Waals surface area contributed by atoms with Gasteiger partial charge in [-0.3, -0.25) is 0 Å². The number of urea groups is 1. The number of nitrogens with two attached hydrogens (primary N) is 1. The van der Waals surface area contributed by atoms with Crippen molar-refractivity contribution in [2.45, 2.75) is 31.1 Å². The highest BCUT2D eigenvalue weighted by atomic mass is 28.4. The van der Waals surface area contributed by atoms with E-state index in [9.17, 15) is 4.79 Å². The molecule has 9 heteroatoms. The molecule has 0 aromatic carbocycles. The van der Waals surface area contributed by atoms with Crippen molar-refractivity contribution in [3.8, 4) is 0 Å². The van der Waals surface area contributed by atoms with Crippen LogP contribution in [0.2, 0.25) is 12.1 Å². The van der Waals surface area contributed by atoms with Crippen molar-refractivity contribution < 1.29 is 22.5 Å². The second-order valence-electron chi connectivity index (χ2n) is 4.53. The molecule has 0 aliphatic carbocycles. The molecule has 0 aliphatic rings. The third-order valence-corrected chi connectivity index (χ3v) is 9.85. The Hall–Kier alpha value is -0.456. The molecule has 113 valence electrons. The van der Waals surface area contributed by atoms with Gasteiger partial charge < -0.3 is 28.8 Å². The lowest BCUT2D eigenvalue weighted by Gasteiger charge is -2.43. The van der Waals surface area contributed by atoms with Crippen LogP contribution in [0.1, 0.15) is 13.8 Å². The SMILES string of the molecule is CO[Si](OC)C(C)(NC(N)=O)C(C)[Si](C)(OC)OC. The van der Waals surface area contributed by atoms with Gasteiger partial charge in [-0.05, 0) is 13.5 Å². The molecule has 0 saturated carbocycles. The van der Waals surface area contributed by atoms with Crippen molar-refractivity contribution >= 4 is 23.9 Å². The van der Waals surface area contributed by atoms with E-state index in [1.807, 2.05) is 20.4 Å². The second-order valence-corrected chi connectivity index (χ2v) is 10.7. The Morgan fingerprint density at radius 3 is 1.95 bits per heavy atom. The number of nitrogens with one attached hydrogen (secondary N) is 1.